The zero-order chi connectivity index (χ0) is 13.0. The van der Waals surface area contributed by atoms with Crippen LogP contribution in [0, 0.1) is 0 Å². The van der Waals surface area contributed by atoms with Crippen LogP contribution in [0.1, 0.15) is 25.5 Å². The van der Waals surface area contributed by atoms with Gasteiger partial charge in [-0.05, 0) is 38.6 Å². The fraction of sp³-hybridized carbons (Fsp3) is 0.538. The first kappa shape index (κ1) is 14.5. The highest BCUT2D eigenvalue weighted by Crippen LogP contribution is 2.26. The molecule has 0 fully saturated rings. The first-order chi connectivity index (χ1) is 7.97. The van der Waals surface area contributed by atoms with Crippen molar-refractivity contribution in [1.82, 2.24) is 4.90 Å². The van der Waals surface area contributed by atoms with E-state index in [0.717, 1.165) is 5.56 Å². The van der Waals surface area contributed by atoms with Crippen LogP contribution in [-0.2, 0) is 0 Å². The molecule has 3 atom stereocenters. The lowest BCUT2D eigenvalue weighted by molar-refractivity contribution is 0.109. The summed E-state index contributed by atoms with van der Waals surface area (Å²) in [5.74, 6) is 0. The number of rotatable bonds is 5. The normalized spacial score (nSPS) is 16.9. The largest absolute Gasteiger partial charge is 0.395 e. The predicted molar refractivity (Wildman–Crippen MR) is 72.2 cm³/mol. The second kappa shape index (κ2) is 6.36. The standard InChI is InChI=1S/C13H21ClN2O/c1-9(8-17)16(3)13(10(2)15)11-5-4-6-12(14)7-11/h4-7,9-10,13,17H,8,15H2,1-3H3. The molecule has 0 saturated heterocycles. The molecule has 0 saturated carbocycles. The molecule has 1 rings (SSSR count). The van der Waals surface area contributed by atoms with E-state index in [1.807, 2.05) is 45.2 Å². The molecule has 0 aliphatic heterocycles. The lowest BCUT2D eigenvalue weighted by atomic mass is 9.98. The highest BCUT2D eigenvalue weighted by Gasteiger charge is 2.24. The zero-order valence-corrected chi connectivity index (χ0v) is 11.4. The lowest BCUT2D eigenvalue weighted by Crippen LogP contribution is -2.43. The molecule has 0 heterocycles. The lowest BCUT2D eigenvalue weighted by Gasteiger charge is -2.35. The molecule has 3 unspecified atom stereocenters. The van der Waals surface area contributed by atoms with Gasteiger partial charge in [0.1, 0.15) is 0 Å². The molecule has 1 aromatic rings. The summed E-state index contributed by atoms with van der Waals surface area (Å²) in [6, 6.07) is 7.79. The maximum absolute atomic E-state index is 9.23. The minimum atomic E-state index is -0.0348. The van der Waals surface area contributed by atoms with Gasteiger partial charge in [-0.2, -0.15) is 0 Å². The van der Waals surface area contributed by atoms with E-state index in [1.165, 1.54) is 0 Å². The van der Waals surface area contributed by atoms with Gasteiger partial charge in [-0.1, -0.05) is 23.7 Å². The number of halogens is 1. The molecule has 4 heteroatoms. The third kappa shape index (κ3) is 3.68. The Kier molecular flexibility index (Phi) is 5.40. The molecule has 3 N–H and O–H groups in total. The van der Waals surface area contributed by atoms with Gasteiger partial charge >= 0.3 is 0 Å². The molecule has 0 aromatic heterocycles. The predicted octanol–water partition coefficient (Wildman–Crippen LogP) is 2.04. The van der Waals surface area contributed by atoms with Crippen molar-refractivity contribution in [3.63, 3.8) is 0 Å². The van der Waals surface area contributed by atoms with Crippen LogP contribution in [0.25, 0.3) is 0 Å². The van der Waals surface area contributed by atoms with Crippen molar-refractivity contribution in [1.29, 1.82) is 0 Å². The molecule has 3 nitrogen and oxygen atoms in total. The summed E-state index contributed by atoms with van der Waals surface area (Å²) in [5.41, 5.74) is 7.12. The first-order valence-corrected chi connectivity index (χ1v) is 6.19. The molecule has 17 heavy (non-hydrogen) atoms. The number of hydrogen-bond acceptors (Lipinski definition) is 3. The van der Waals surface area contributed by atoms with E-state index < -0.39 is 0 Å². The van der Waals surface area contributed by atoms with Gasteiger partial charge in [-0.15, -0.1) is 0 Å². The third-order valence-corrected chi connectivity index (χ3v) is 3.32. The molecule has 0 aliphatic carbocycles. The number of nitrogens with zero attached hydrogens (tertiary/aromatic N) is 1. The fourth-order valence-electron chi connectivity index (χ4n) is 2.00. The SMILES string of the molecule is CC(N)C(c1cccc(Cl)c1)N(C)C(C)CO. The van der Waals surface area contributed by atoms with Gasteiger partial charge in [0, 0.05) is 23.1 Å². The molecule has 0 spiro atoms. The van der Waals surface area contributed by atoms with Crippen LogP contribution in [-0.4, -0.2) is 35.7 Å². The highest BCUT2D eigenvalue weighted by atomic mass is 35.5. The summed E-state index contributed by atoms with van der Waals surface area (Å²) >= 11 is 6.00. The number of aliphatic hydroxyl groups is 1. The molecule has 0 radical (unpaired) electrons. The second-order valence-corrected chi connectivity index (χ2v) is 4.99. The number of aliphatic hydroxyl groups excluding tert-OH is 1. The van der Waals surface area contributed by atoms with Gasteiger partial charge in [0.05, 0.1) is 6.61 Å². The zero-order valence-electron chi connectivity index (χ0n) is 10.6. The summed E-state index contributed by atoms with van der Waals surface area (Å²) < 4.78 is 0. The van der Waals surface area contributed by atoms with Crippen LogP contribution in [0.2, 0.25) is 5.02 Å². The summed E-state index contributed by atoms with van der Waals surface area (Å²) in [6.45, 7) is 4.05. The minimum absolute atomic E-state index is 0.0348. The molecule has 0 bridgehead atoms. The quantitative estimate of drug-likeness (QED) is 0.848. The average molecular weight is 257 g/mol. The molecule has 1 aromatic carbocycles. The number of nitrogens with two attached hydrogens (primary N) is 1. The number of benzene rings is 1. The van der Waals surface area contributed by atoms with Crippen molar-refractivity contribution in [2.75, 3.05) is 13.7 Å². The van der Waals surface area contributed by atoms with Crippen LogP contribution in [0.15, 0.2) is 24.3 Å². The van der Waals surface area contributed by atoms with E-state index in [1.54, 1.807) is 0 Å². The molecule has 0 aliphatic rings. The Balaban J connectivity index is 3.01. The van der Waals surface area contributed by atoms with Gasteiger partial charge in [0.25, 0.3) is 0 Å². The van der Waals surface area contributed by atoms with Crippen molar-refractivity contribution >= 4 is 11.6 Å². The van der Waals surface area contributed by atoms with E-state index in [4.69, 9.17) is 17.3 Å². The second-order valence-electron chi connectivity index (χ2n) is 4.56. The average Bonchev–Trinajstić information content (AvgIpc) is 2.27. The van der Waals surface area contributed by atoms with E-state index in [0.29, 0.717) is 5.02 Å². The maximum Gasteiger partial charge on any atom is 0.0584 e. The van der Waals surface area contributed by atoms with Gasteiger partial charge in [-0.25, -0.2) is 0 Å². The summed E-state index contributed by atoms with van der Waals surface area (Å²) in [4.78, 5) is 2.08. The maximum atomic E-state index is 9.23. The van der Waals surface area contributed by atoms with E-state index in [9.17, 15) is 5.11 Å². The fourth-order valence-corrected chi connectivity index (χ4v) is 2.20. The molecule has 0 amide bonds. The van der Waals surface area contributed by atoms with Crippen LogP contribution < -0.4 is 5.73 Å². The molecular formula is C13H21ClN2O. The Morgan fingerprint density at radius 3 is 2.53 bits per heavy atom. The van der Waals surface area contributed by atoms with Crippen LogP contribution in [0.5, 0.6) is 0 Å². The van der Waals surface area contributed by atoms with Gasteiger partial charge in [-0.3, -0.25) is 4.90 Å². The van der Waals surface area contributed by atoms with Crippen molar-refractivity contribution in [3.8, 4) is 0 Å². The number of likely N-dealkylation sites (N-methyl/N-ethyl adjacent to an activating group) is 1. The first-order valence-electron chi connectivity index (χ1n) is 5.81. The van der Waals surface area contributed by atoms with Crippen molar-refractivity contribution < 1.29 is 5.11 Å². The van der Waals surface area contributed by atoms with E-state index in [-0.39, 0.29) is 24.7 Å². The van der Waals surface area contributed by atoms with Crippen molar-refractivity contribution in [2.45, 2.75) is 32.0 Å². The van der Waals surface area contributed by atoms with E-state index in [2.05, 4.69) is 4.90 Å². The van der Waals surface area contributed by atoms with Crippen LogP contribution in [0.3, 0.4) is 0 Å². The topological polar surface area (TPSA) is 49.5 Å². The monoisotopic (exact) mass is 256 g/mol. The van der Waals surface area contributed by atoms with E-state index >= 15 is 0 Å². The van der Waals surface area contributed by atoms with Gasteiger partial charge < -0.3 is 10.8 Å². The Hall–Kier alpha value is -0.610. The van der Waals surface area contributed by atoms with Crippen molar-refractivity contribution in [3.05, 3.63) is 34.9 Å². The minimum Gasteiger partial charge on any atom is -0.395 e. The Morgan fingerprint density at radius 2 is 2.06 bits per heavy atom. The number of hydrogen-bond donors (Lipinski definition) is 2. The van der Waals surface area contributed by atoms with Crippen LogP contribution in [0.4, 0.5) is 0 Å². The Morgan fingerprint density at radius 1 is 1.41 bits per heavy atom. The van der Waals surface area contributed by atoms with Gasteiger partial charge in [0.15, 0.2) is 0 Å². The Labute approximate surface area is 108 Å². The summed E-state index contributed by atoms with van der Waals surface area (Å²) in [7, 11) is 1.97. The third-order valence-electron chi connectivity index (χ3n) is 3.09. The summed E-state index contributed by atoms with van der Waals surface area (Å²) in [5, 5.41) is 9.94. The van der Waals surface area contributed by atoms with Crippen LogP contribution >= 0.6 is 11.6 Å². The van der Waals surface area contributed by atoms with Gasteiger partial charge in [0.2, 0.25) is 0 Å². The highest BCUT2D eigenvalue weighted by molar-refractivity contribution is 6.30. The Bertz CT molecular complexity index is 357. The van der Waals surface area contributed by atoms with Crippen molar-refractivity contribution in [2.24, 2.45) is 5.73 Å². The molecular weight excluding hydrogens is 236 g/mol. The smallest absolute Gasteiger partial charge is 0.0584 e. The molecule has 96 valence electrons. The summed E-state index contributed by atoms with van der Waals surface area (Å²) in [6.07, 6.45) is 0.